The fraction of sp³-hybridized carbons (Fsp3) is 0.647. The predicted molar refractivity (Wildman–Crippen MR) is 88.2 cm³/mol. The molecule has 116 valence electrons. The molecule has 4 heteroatoms. The molecule has 2 aliphatic rings. The van der Waals surface area contributed by atoms with Crippen LogP contribution in [-0.2, 0) is 4.74 Å². The molecule has 2 atom stereocenters. The molecule has 0 unspecified atom stereocenters. The van der Waals surface area contributed by atoms with Gasteiger partial charge in [-0.25, -0.2) is 0 Å². The lowest BCUT2D eigenvalue weighted by Gasteiger charge is -2.35. The normalized spacial score (nSPS) is 27.0. The van der Waals surface area contributed by atoms with E-state index in [1.54, 1.807) is 0 Å². The Morgan fingerprint density at radius 1 is 1.24 bits per heavy atom. The number of nitrogens with one attached hydrogen (secondary N) is 1. The molecular formula is C17H27N3O. The van der Waals surface area contributed by atoms with Crippen LogP contribution in [0, 0.1) is 0 Å². The summed E-state index contributed by atoms with van der Waals surface area (Å²) in [7, 11) is 0. The summed E-state index contributed by atoms with van der Waals surface area (Å²) >= 11 is 0. The van der Waals surface area contributed by atoms with Gasteiger partial charge >= 0.3 is 0 Å². The van der Waals surface area contributed by atoms with Crippen molar-refractivity contribution < 1.29 is 4.74 Å². The van der Waals surface area contributed by atoms with E-state index in [2.05, 4.69) is 53.2 Å². The molecule has 0 amide bonds. The topological polar surface area (TPSA) is 27.7 Å². The van der Waals surface area contributed by atoms with Gasteiger partial charge in [0.2, 0.25) is 0 Å². The summed E-state index contributed by atoms with van der Waals surface area (Å²) in [6.45, 7) is 11.0. The van der Waals surface area contributed by atoms with Gasteiger partial charge in [0.05, 0.1) is 12.1 Å². The van der Waals surface area contributed by atoms with Gasteiger partial charge in [-0.3, -0.25) is 0 Å². The van der Waals surface area contributed by atoms with Gasteiger partial charge in [-0.05, 0) is 38.1 Å². The van der Waals surface area contributed by atoms with Gasteiger partial charge in [0.25, 0.3) is 0 Å². The van der Waals surface area contributed by atoms with Crippen LogP contribution < -0.4 is 10.2 Å². The lowest BCUT2D eigenvalue weighted by atomic mass is 10.1. The molecule has 1 aromatic carbocycles. The average Bonchev–Trinajstić information content (AvgIpc) is 2.93. The number of rotatable bonds is 4. The van der Waals surface area contributed by atoms with E-state index in [0.717, 1.165) is 32.7 Å². The molecule has 21 heavy (non-hydrogen) atoms. The van der Waals surface area contributed by atoms with Crippen LogP contribution in [0.4, 0.5) is 11.4 Å². The van der Waals surface area contributed by atoms with Crippen LogP contribution in [-0.4, -0.2) is 56.4 Å². The third kappa shape index (κ3) is 3.50. The van der Waals surface area contributed by atoms with E-state index in [4.69, 9.17) is 4.74 Å². The highest BCUT2D eigenvalue weighted by Crippen LogP contribution is 2.24. The van der Waals surface area contributed by atoms with Crippen LogP contribution in [0.3, 0.4) is 0 Å². The molecule has 1 N–H and O–H groups in total. The van der Waals surface area contributed by atoms with Crippen molar-refractivity contribution in [1.29, 1.82) is 0 Å². The molecule has 2 fully saturated rings. The average molecular weight is 289 g/mol. The fourth-order valence-electron chi connectivity index (χ4n) is 3.25. The molecule has 0 spiro atoms. The summed E-state index contributed by atoms with van der Waals surface area (Å²) in [5.74, 6) is 0. The molecule has 2 heterocycles. The number of hydrogen-bond donors (Lipinski definition) is 1. The van der Waals surface area contributed by atoms with Gasteiger partial charge in [0.1, 0.15) is 0 Å². The van der Waals surface area contributed by atoms with E-state index in [-0.39, 0.29) is 0 Å². The lowest BCUT2D eigenvalue weighted by Crippen LogP contribution is -2.46. The Hall–Kier alpha value is -1.26. The number of piperazine rings is 1. The first kappa shape index (κ1) is 14.7. The maximum Gasteiger partial charge on any atom is 0.0748 e. The highest BCUT2D eigenvalue weighted by atomic mass is 16.5. The number of ether oxygens (including phenoxy) is 1. The highest BCUT2D eigenvalue weighted by Gasteiger charge is 2.24. The van der Waals surface area contributed by atoms with Crippen molar-refractivity contribution in [2.45, 2.75) is 32.4 Å². The molecule has 2 saturated heterocycles. The molecule has 0 aromatic heterocycles. The summed E-state index contributed by atoms with van der Waals surface area (Å²) in [5.41, 5.74) is 2.55. The van der Waals surface area contributed by atoms with E-state index in [0.29, 0.717) is 12.1 Å². The first-order chi connectivity index (χ1) is 10.3. The number of benzene rings is 1. The monoisotopic (exact) mass is 289 g/mol. The molecule has 1 aromatic rings. The van der Waals surface area contributed by atoms with Crippen molar-refractivity contribution >= 4 is 11.4 Å². The maximum atomic E-state index is 5.63. The molecule has 3 rings (SSSR count). The SMILES string of the molecule is CCN1CCN(c2cccc(N[C@@H]3CCO[C@H]3C)c2)CC1. The van der Waals surface area contributed by atoms with Crippen LogP contribution >= 0.6 is 0 Å². The fourth-order valence-corrected chi connectivity index (χ4v) is 3.25. The minimum absolute atomic E-state index is 0.307. The first-order valence-corrected chi connectivity index (χ1v) is 8.22. The lowest BCUT2D eigenvalue weighted by molar-refractivity contribution is 0.121. The number of hydrogen-bond acceptors (Lipinski definition) is 4. The Morgan fingerprint density at radius 3 is 2.71 bits per heavy atom. The Labute approximate surface area is 128 Å². The van der Waals surface area contributed by atoms with Crippen molar-refractivity contribution in [2.24, 2.45) is 0 Å². The standard InChI is InChI=1S/C17H27N3O/c1-3-19-8-10-20(11-9-19)16-6-4-5-15(13-16)18-17-7-12-21-14(17)2/h4-6,13-14,17-18H,3,7-12H2,1-2H3/t14-,17+/m0/s1. The van der Waals surface area contributed by atoms with Crippen molar-refractivity contribution in [1.82, 2.24) is 4.90 Å². The summed E-state index contributed by atoms with van der Waals surface area (Å²) in [5, 5.41) is 3.63. The van der Waals surface area contributed by atoms with E-state index >= 15 is 0 Å². The molecule has 4 nitrogen and oxygen atoms in total. The summed E-state index contributed by atoms with van der Waals surface area (Å²) in [6, 6.07) is 9.27. The van der Waals surface area contributed by atoms with Crippen LogP contribution in [0.15, 0.2) is 24.3 Å². The summed E-state index contributed by atoms with van der Waals surface area (Å²) < 4.78 is 5.63. The van der Waals surface area contributed by atoms with Gasteiger partial charge in [-0.15, -0.1) is 0 Å². The zero-order chi connectivity index (χ0) is 14.7. The maximum absolute atomic E-state index is 5.63. The van der Waals surface area contributed by atoms with Crippen LogP contribution in [0.25, 0.3) is 0 Å². The minimum Gasteiger partial charge on any atom is -0.380 e. The Bertz CT molecular complexity index is 457. The Morgan fingerprint density at radius 2 is 2.05 bits per heavy atom. The van der Waals surface area contributed by atoms with Gasteiger partial charge in [-0.2, -0.15) is 0 Å². The van der Waals surface area contributed by atoms with Crippen LogP contribution in [0.1, 0.15) is 20.3 Å². The molecule has 2 aliphatic heterocycles. The van der Waals surface area contributed by atoms with E-state index < -0.39 is 0 Å². The first-order valence-electron chi connectivity index (χ1n) is 8.22. The third-order valence-corrected chi connectivity index (χ3v) is 4.76. The molecule has 0 aliphatic carbocycles. The van der Waals surface area contributed by atoms with Crippen LogP contribution in [0.5, 0.6) is 0 Å². The van der Waals surface area contributed by atoms with Crippen LogP contribution in [0.2, 0.25) is 0 Å². The zero-order valence-electron chi connectivity index (χ0n) is 13.2. The predicted octanol–water partition coefficient (Wildman–Crippen LogP) is 2.42. The van der Waals surface area contributed by atoms with Crippen molar-refractivity contribution in [3.05, 3.63) is 24.3 Å². The number of anilines is 2. The van der Waals surface area contributed by atoms with Gasteiger partial charge < -0.3 is 19.9 Å². The molecule has 0 bridgehead atoms. The van der Waals surface area contributed by atoms with E-state index in [9.17, 15) is 0 Å². The number of likely N-dealkylation sites (N-methyl/N-ethyl adjacent to an activating group) is 1. The molecule has 0 radical (unpaired) electrons. The van der Waals surface area contributed by atoms with Gasteiger partial charge in [0, 0.05) is 44.2 Å². The second kappa shape index (κ2) is 6.67. The van der Waals surface area contributed by atoms with Crippen molar-refractivity contribution in [2.75, 3.05) is 49.5 Å². The smallest absolute Gasteiger partial charge is 0.0748 e. The second-order valence-electron chi connectivity index (χ2n) is 6.09. The number of nitrogens with zero attached hydrogens (tertiary/aromatic N) is 2. The minimum atomic E-state index is 0.307. The quantitative estimate of drug-likeness (QED) is 0.921. The van der Waals surface area contributed by atoms with E-state index in [1.807, 2.05) is 0 Å². The summed E-state index contributed by atoms with van der Waals surface area (Å²) in [4.78, 5) is 5.00. The largest absolute Gasteiger partial charge is 0.380 e. The van der Waals surface area contributed by atoms with Gasteiger partial charge in [0.15, 0.2) is 0 Å². The van der Waals surface area contributed by atoms with E-state index in [1.165, 1.54) is 24.5 Å². The van der Waals surface area contributed by atoms with Gasteiger partial charge in [-0.1, -0.05) is 13.0 Å². The summed E-state index contributed by atoms with van der Waals surface area (Å²) in [6.07, 6.45) is 1.40. The van der Waals surface area contributed by atoms with Crippen molar-refractivity contribution in [3.63, 3.8) is 0 Å². The Balaban J connectivity index is 1.63. The zero-order valence-corrected chi connectivity index (χ0v) is 13.2. The second-order valence-corrected chi connectivity index (χ2v) is 6.09. The molecule has 0 saturated carbocycles. The third-order valence-electron chi connectivity index (χ3n) is 4.76. The Kier molecular flexibility index (Phi) is 4.66. The highest BCUT2D eigenvalue weighted by molar-refractivity contribution is 5.58. The molecular weight excluding hydrogens is 262 g/mol. The van der Waals surface area contributed by atoms with Crippen molar-refractivity contribution in [3.8, 4) is 0 Å².